The molecule has 3 atom stereocenters. The third kappa shape index (κ3) is 5.39. The molecular formula is C20H22N2O5. The molecule has 0 saturated heterocycles. The Kier molecular flexibility index (Phi) is 7.08. The topological polar surface area (TPSA) is 116 Å². The van der Waals surface area contributed by atoms with Gasteiger partial charge in [-0.2, -0.15) is 0 Å². The number of carboxylic acids is 1. The molecule has 2 aromatic carbocycles. The van der Waals surface area contributed by atoms with Crippen LogP contribution in [0.1, 0.15) is 35.3 Å². The number of aliphatic hydroxyl groups is 1. The summed E-state index contributed by atoms with van der Waals surface area (Å²) < 4.78 is 0. The second-order valence-corrected chi connectivity index (χ2v) is 5.98. The van der Waals surface area contributed by atoms with Crippen molar-refractivity contribution in [2.75, 3.05) is 0 Å². The van der Waals surface area contributed by atoms with Gasteiger partial charge in [0.1, 0.15) is 6.04 Å². The van der Waals surface area contributed by atoms with E-state index < -0.39 is 36.0 Å². The summed E-state index contributed by atoms with van der Waals surface area (Å²) in [6.45, 7) is 1.61. The van der Waals surface area contributed by atoms with Crippen molar-refractivity contribution in [3.63, 3.8) is 0 Å². The minimum Gasteiger partial charge on any atom is -0.480 e. The predicted octanol–water partition coefficient (Wildman–Crippen LogP) is 1.50. The van der Waals surface area contributed by atoms with Crippen molar-refractivity contribution in [2.45, 2.75) is 31.5 Å². The van der Waals surface area contributed by atoms with Crippen LogP contribution < -0.4 is 10.6 Å². The van der Waals surface area contributed by atoms with E-state index in [4.69, 9.17) is 5.11 Å². The molecule has 0 aliphatic rings. The number of benzene rings is 2. The second-order valence-electron chi connectivity index (χ2n) is 5.98. The maximum absolute atomic E-state index is 12.5. The zero-order chi connectivity index (χ0) is 19.8. The van der Waals surface area contributed by atoms with Crippen molar-refractivity contribution >= 4 is 17.8 Å². The van der Waals surface area contributed by atoms with Crippen molar-refractivity contribution in [3.05, 3.63) is 71.8 Å². The fourth-order valence-corrected chi connectivity index (χ4v) is 2.57. The molecule has 4 N–H and O–H groups in total. The van der Waals surface area contributed by atoms with Crippen molar-refractivity contribution in [1.29, 1.82) is 0 Å². The van der Waals surface area contributed by atoms with Gasteiger partial charge in [-0.1, -0.05) is 55.5 Å². The Hall–Kier alpha value is -3.19. The minimum absolute atomic E-state index is 0.167. The lowest BCUT2D eigenvalue weighted by Gasteiger charge is -2.25. The van der Waals surface area contributed by atoms with Crippen LogP contribution in [-0.2, 0) is 9.59 Å². The minimum atomic E-state index is -1.66. The first kappa shape index (κ1) is 20.1. The molecule has 7 heteroatoms. The molecule has 0 bridgehead atoms. The molecule has 0 spiro atoms. The Morgan fingerprint density at radius 3 is 2.00 bits per heavy atom. The summed E-state index contributed by atoms with van der Waals surface area (Å²) in [7, 11) is 0. The van der Waals surface area contributed by atoms with Crippen LogP contribution >= 0.6 is 0 Å². The molecular weight excluding hydrogens is 348 g/mol. The van der Waals surface area contributed by atoms with Crippen LogP contribution in [0.25, 0.3) is 0 Å². The standard InChI is InChI=1S/C20H22N2O5/c1-2-15(20(26)27)21-19(25)17(23)16(13-9-5-3-6-10-13)22-18(24)14-11-7-4-8-12-14/h3-12,15-17,23H,2H2,1H3,(H,21,25)(H,22,24)(H,26,27)/t15-,16+,17-/m1/s1. The number of carbonyl (C=O) groups is 3. The van der Waals surface area contributed by atoms with Crippen LogP contribution in [0.3, 0.4) is 0 Å². The zero-order valence-corrected chi connectivity index (χ0v) is 14.8. The van der Waals surface area contributed by atoms with Gasteiger partial charge >= 0.3 is 5.97 Å². The lowest BCUT2D eigenvalue weighted by molar-refractivity contribution is -0.143. The van der Waals surface area contributed by atoms with E-state index in [1.165, 1.54) is 0 Å². The third-order valence-corrected chi connectivity index (χ3v) is 4.09. The smallest absolute Gasteiger partial charge is 0.326 e. The van der Waals surface area contributed by atoms with E-state index in [1.807, 2.05) is 0 Å². The average molecular weight is 370 g/mol. The highest BCUT2D eigenvalue weighted by atomic mass is 16.4. The van der Waals surface area contributed by atoms with Crippen LogP contribution in [0.4, 0.5) is 0 Å². The molecule has 142 valence electrons. The van der Waals surface area contributed by atoms with Crippen molar-refractivity contribution in [3.8, 4) is 0 Å². The summed E-state index contributed by atoms with van der Waals surface area (Å²) in [6, 6.07) is 14.8. The molecule has 0 unspecified atom stereocenters. The Morgan fingerprint density at radius 2 is 1.48 bits per heavy atom. The lowest BCUT2D eigenvalue weighted by atomic mass is 9.99. The lowest BCUT2D eigenvalue weighted by Crippen LogP contribution is -2.50. The molecule has 0 heterocycles. The third-order valence-electron chi connectivity index (χ3n) is 4.09. The first-order valence-corrected chi connectivity index (χ1v) is 8.56. The number of carboxylic acid groups (broad SMARTS) is 1. The number of aliphatic carboxylic acids is 1. The Labute approximate surface area is 157 Å². The molecule has 0 aliphatic heterocycles. The summed E-state index contributed by atoms with van der Waals surface area (Å²) in [5.74, 6) is -2.52. The molecule has 0 aromatic heterocycles. The average Bonchev–Trinajstić information content (AvgIpc) is 2.70. The Morgan fingerprint density at radius 1 is 0.926 bits per heavy atom. The van der Waals surface area contributed by atoms with Gasteiger partial charge in [0.15, 0.2) is 6.10 Å². The molecule has 2 aromatic rings. The molecule has 0 aliphatic carbocycles. The van der Waals surface area contributed by atoms with Gasteiger partial charge in [-0.25, -0.2) is 4.79 Å². The number of rotatable bonds is 8. The molecule has 27 heavy (non-hydrogen) atoms. The quantitative estimate of drug-likeness (QED) is 0.562. The predicted molar refractivity (Wildman–Crippen MR) is 99.0 cm³/mol. The second kappa shape index (κ2) is 9.49. The molecule has 0 fully saturated rings. The fraction of sp³-hybridized carbons (Fsp3) is 0.250. The zero-order valence-electron chi connectivity index (χ0n) is 14.8. The number of carbonyl (C=O) groups excluding carboxylic acids is 2. The highest BCUT2D eigenvalue weighted by Gasteiger charge is 2.31. The molecule has 2 rings (SSSR count). The van der Waals surface area contributed by atoms with E-state index >= 15 is 0 Å². The highest BCUT2D eigenvalue weighted by Crippen LogP contribution is 2.18. The van der Waals surface area contributed by atoms with Gasteiger partial charge in [-0.15, -0.1) is 0 Å². The van der Waals surface area contributed by atoms with Gasteiger partial charge in [0.25, 0.3) is 11.8 Å². The van der Waals surface area contributed by atoms with Crippen molar-refractivity contribution < 1.29 is 24.6 Å². The Balaban J connectivity index is 2.23. The number of aliphatic hydroxyl groups excluding tert-OH is 1. The van der Waals surface area contributed by atoms with Crippen LogP contribution in [0.2, 0.25) is 0 Å². The summed E-state index contributed by atoms with van der Waals surface area (Å²) in [4.78, 5) is 36.0. The van der Waals surface area contributed by atoms with Gasteiger partial charge in [0.05, 0.1) is 6.04 Å². The number of hydrogen-bond acceptors (Lipinski definition) is 4. The van der Waals surface area contributed by atoms with Crippen LogP contribution in [0.15, 0.2) is 60.7 Å². The summed E-state index contributed by atoms with van der Waals surface area (Å²) >= 11 is 0. The van der Waals surface area contributed by atoms with Crippen molar-refractivity contribution in [1.82, 2.24) is 10.6 Å². The number of amides is 2. The molecule has 0 saturated carbocycles. The first-order valence-electron chi connectivity index (χ1n) is 8.56. The highest BCUT2D eigenvalue weighted by molar-refractivity contribution is 5.95. The normalized spacial score (nSPS) is 13.9. The van der Waals surface area contributed by atoms with Crippen molar-refractivity contribution in [2.24, 2.45) is 0 Å². The van der Waals surface area contributed by atoms with E-state index in [0.717, 1.165) is 0 Å². The molecule has 0 radical (unpaired) electrons. The van der Waals surface area contributed by atoms with E-state index in [-0.39, 0.29) is 6.42 Å². The number of hydrogen-bond donors (Lipinski definition) is 4. The van der Waals surface area contributed by atoms with E-state index in [9.17, 15) is 19.5 Å². The largest absolute Gasteiger partial charge is 0.480 e. The molecule has 7 nitrogen and oxygen atoms in total. The van der Waals surface area contributed by atoms with E-state index in [0.29, 0.717) is 11.1 Å². The van der Waals surface area contributed by atoms with E-state index in [1.54, 1.807) is 67.6 Å². The first-order chi connectivity index (χ1) is 12.9. The molecule has 2 amide bonds. The SMILES string of the molecule is CC[C@@H](NC(=O)[C@H](O)[C@@H](NC(=O)c1ccccc1)c1ccccc1)C(=O)O. The summed E-state index contributed by atoms with van der Waals surface area (Å²) in [5.41, 5.74) is 0.899. The number of nitrogens with one attached hydrogen (secondary N) is 2. The maximum Gasteiger partial charge on any atom is 0.326 e. The Bertz CT molecular complexity index is 779. The summed E-state index contributed by atoms with van der Waals surface area (Å²) in [5, 5.41) is 24.6. The summed E-state index contributed by atoms with van der Waals surface area (Å²) in [6.07, 6.45) is -1.49. The van der Waals surface area contributed by atoms with Gasteiger partial charge in [0, 0.05) is 5.56 Å². The van der Waals surface area contributed by atoms with Gasteiger partial charge in [-0.3, -0.25) is 9.59 Å². The van der Waals surface area contributed by atoms with E-state index in [2.05, 4.69) is 10.6 Å². The fourth-order valence-electron chi connectivity index (χ4n) is 2.57. The van der Waals surface area contributed by atoms with Gasteiger partial charge in [0.2, 0.25) is 0 Å². The van der Waals surface area contributed by atoms with Gasteiger partial charge in [-0.05, 0) is 24.1 Å². The van der Waals surface area contributed by atoms with Crippen LogP contribution in [-0.4, -0.2) is 40.1 Å². The van der Waals surface area contributed by atoms with Crippen LogP contribution in [0.5, 0.6) is 0 Å². The monoisotopic (exact) mass is 370 g/mol. The van der Waals surface area contributed by atoms with Crippen LogP contribution in [0, 0.1) is 0 Å². The van der Waals surface area contributed by atoms with Gasteiger partial charge < -0.3 is 20.8 Å². The maximum atomic E-state index is 12.5.